The first kappa shape index (κ1) is 21.3. The smallest absolute Gasteiger partial charge is 0.339 e. The van der Waals surface area contributed by atoms with E-state index in [2.05, 4.69) is 5.32 Å². The summed E-state index contributed by atoms with van der Waals surface area (Å²) >= 11 is 0. The zero-order valence-corrected chi connectivity index (χ0v) is 17.2. The van der Waals surface area contributed by atoms with Crippen molar-refractivity contribution in [2.45, 2.75) is 26.4 Å². The summed E-state index contributed by atoms with van der Waals surface area (Å²) in [5, 5.41) is 2.71. The largest absolute Gasteiger partial charge is 0.493 e. The van der Waals surface area contributed by atoms with E-state index in [0.29, 0.717) is 48.5 Å². The summed E-state index contributed by atoms with van der Waals surface area (Å²) in [6.07, 6.45) is -0.157. The predicted octanol–water partition coefficient (Wildman–Crippen LogP) is 3.44. The van der Waals surface area contributed by atoms with Crippen molar-refractivity contribution in [1.82, 2.24) is 0 Å². The highest BCUT2D eigenvalue weighted by atomic mass is 16.6. The van der Waals surface area contributed by atoms with Crippen molar-refractivity contribution >= 4 is 17.6 Å². The lowest BCUT2D eigenvalue weighted by Crippen LogP contribution is -2.30. The van der Waals surface area contributed by atoms with Crippen molar-refractivity contribution in [3.8, 4) is 23.0 Å². The van der Waals surface area contributed by atoms with Crippen molar-refractivity contribution in [3.63, 3.8) is 0 Å². The van der Waals surface area contributed by atoms with Gasteiger partial charge in [0, 0.05) is 11.8 Å². The van der Waals surface area contributed by atoms with Gasteiger partial charge >= 0.3 is 5.97 Å². The zero-order valence-electron chi connectivity index (χ0n) is 17.2. The van der Waals surface area contributed by atoms with Crippen LogP contribution in [0.1, 0.15) is 30.6 Å². The van der Waals surface area contributed by atoms with E-state index in [-0.39, 0.29) is 5.56 Å². The van der Waals surface area contributed by atoms with Gasteiger partial charge in [0.1, 0.15) is 13.2 Å². The number of carbonyl (C=O) groups excluding carboxylic acids is 2. The Labute approximate surface area is 175 Å². The molecule has 8 heteroatoms. The number of benzene rings is 2. The van der Waals surface area contributed by atoms with Gasteiger partial charge in [-0.15, -0.1) is 0 Å². The number of nitrogens with one attached hydrogen (secondary N) is 1. The Kier molecular flexibility index (Phi) is 7.00. The van der Waals surface area contributed by atoms with Crippen LogP contribution in [0.2, 0.25) is 0 Å². The average Bonchev–Trinajstić information content (AvgIpc) is 2.77. The molecular formula is C22H25NO7. The fourth-order valence-corrected chi connectivity index (χ4v) is 2.77. The molecule has 0 radical (unpaired) electrons. The minimum absolute atomic E-state index is 0.259. The predicted molar refractivity (Wildman–Crippen MR) is 110 cm³/mol. The molecule has 1 atom stereocenters. The van der Waals surface area contributed by atoms with E-state index in [1.807, 2.05) is 6.92 Å². The molecular weight excluding hydrogens is 390 g/mol. The van der Waals surface area contributed by atoms with Crippen LogP contribution in [0.3, 0.4) is 0 Å². The van der Waals surface area contributed by atoms with Crippen LogP contribution in [-0.2, 0) is 9.53 Å². The van der Waals surface area contributed by atoms with Gasteiger partial charge < -0.3 is 29.0 Å². The minimum Gasteiger partial charge on any atom is -0.493 e. The van der Waals surface area contributed by atoms with Crippen LogP contribution in [0.15, 0.2) is 36.4 Å². The summed E-state index contributed by atoms with van der Waals surface area (Å²) < 4.78 is 27.1. The standard InChI is InChI=1S/C22H25NO7/c1-4-9-27-17-7-5-15(12-19(17)26-3)22(25)30-14(2)21(24)23-16-6-8-18-20(13-16)29-11-10-28-18/h5-8,12-14H,4,9-11H2,1-3H3,(H,23,24)/t14-/m0/s1. The molecule has 1 N–H and O–H groups in total. The van der Waals surface area contributed by atoms with Gasteiger partial charge in [-0.25, -0.2) is 4.79 Å². The third-order valence-corrected chi connectivity index (χ3v) is 4.32. The van der Waals surface area contributed by atoms with Crippen molar-refractivity contribution < 1.29 is 33.3 Å². The number of rotatable bonds is 8. The third kappa shape index (κ3) is 5.14. The number of carbonyl (C=O) groups is 2. The van der Waals surface area contributed by atoms with E-state index < -0.39 is 18.0 Å². The Morgan fingerprint density at radius 3 is 2.57 bits per heavy atom. The molecule has 0 spiro atoms. The van der Waals surface area contributed by atoms with Crippen LogP contribution in [0.4, 0.5) is 5.69 Å². The molecule has 2 aromatic rings. The third-order valence-electron chi connectivity index (χ3n) is 4.32. The number of ether oxygens (including phenoxy) is 5. The highest BCUT2D eigenvalue weighted by molar-refractivity contribution is 5.97. The maximum absolute atomic E-state index is 12.5. The van der Waals surface area contributed by atoms with E-state index in [4.69, 9.17) is 23.7 Å². The summed E-state index contributed by atoms with van der Waals surface area (Å²) in [6, 6.07) is 9.82. The van der Waals surface area contributed by atoms with E-state index in [1.165, 1.54) is 20.1 Å². The first-order valence-corrected chi connectivity index (χ1v) is 9.74. The van der Waals surface area contributed by atoms with E-state index in [9.17, 15) is 9.59 Å². The molecule has 0 fully saturated rings. The van der Waals surface area contributed by atoms with Gasteiger partial charge in [0.05, 0.1) is 19.3 Å². The van der Waals surface area contributed by atoms with Crippen molar-refractivity contribution in [1.29, 1.82) is 0 Å². The fourth-order valence-electron chi connectivity index (χ4n) is 2.77. The number of hydrogen-bond acceptors (Lipinski definition) is 7. The quantitative estimate of drug-likeness (QED) is 0.660. The number of anilines is 1. The molecule has 0 unspecified atom stereocenters. The van der Waals surface area contributed by atoms with Gasteiger partial charge in [-0.05, 0) is 43.7 Å². The lowest BCUT2D eigenvalue weighted by atomic mass is 10.2. The van der Waals surface area contributed by atoms with Crippen LogP contribution in [0.5, 0.6) is 23.0 Å². The van der Waals surface area contributed by atoms with Gasteiger partial charge in [-0.1, -0.05) is 6.92 Å². The molecule has 0 saturated carbocycles. The minimum atomic E-state index is -1.01. The Bertz CT molecular complexity index is 912. The first-order valence-electron chi connectivity index (χ1n) is 9.74. The van der Waals surface area contributed by atoms with Crippen LogP contribution >= 0.6 is 0 Å². The van der Waals surface area contributed by atoms with Crippen LogP contribution in [-0.4, -0.2) is 44.9 Å². The van der Waals surface area contributed by atoms with Gasteiger partial charge in [0.2, 0.25) is 0 Å². The lowest BCUT2D eigenvalue weighted by Gasteiger charge is -2.19. The summed E-state index contributed by atoms with van der Waals surface area (Å²) in [5.41, 5.74) is 0.779. The van der Waals surface area contributed by atoms with Gasteiger partial charge in [0.15, 0.2) is 29.1 Å². The van der Waals surface area contributed by atoms with Crippen molar-refractivity contribution in [2.75, 3.05) is 32.2 Å². The number of fused-ring (bicyclic) bond motifs is 1. The van der Waals surface area contributed by atoms with E-state index >= 15 is 0 Å². The topological polar surface area (TPSA) is 92.3 Å². The number of esters is 1. The zero-order chi connectivity index (χ0) is 21.5. The van der Waals surface area contributed by atoms with Crippen LogP contribution in [0, 0.1) is 0 Å². The fraction of sp³-hybridized carbons (Fsp3) is 0.364. The monoisotopic (exact) mass is 415 g/mol. The Morgan fingerprint density at radius 1 is 1.07 bits per heavy atom. The molecule has 0 aliphatic carbocycles. The molecule has 0 saturated heterocycles. The highest BCUT2D eigenvalue weighted by Gasteiger charge is 2.21. The Hall–Kier alpha value is -3.42. The van der Waals surface area contributed by atoms with Gasteiger partial charge in [-0.2, -0.15) is 0 Å². The molecule has 8 nitrogen and oxygen atoms in total. The number of hydrogen-bond donors (Lipinski definition) is 1. The summed E-state index contributed by atoms with van der Waals surface area (Å²) in [4.78, 5) is 24.9. The molecule has 0 aromatic heterocycles. The molecule has 1 aliphatic heterocycles. The Morgan fingerprint density at radius 2 is 1.83 bits per heavy atom. The second kappa shape index (κ2) is 9.87. The van der Waals surface area contributed by atoms with Crippen LogP contribution < -0.4 is 24.3 Å². The second-order valence-electron chi connectivity index (χ2n) is 6.61. The normalized spacial score (nSPS) is 13.2. The van der Waals surface area contributed by atoms with Crippen molar-refractivity contribution in [2.24, 2.45) is 0 Å². The van der Waals surface area contributed by atoms with Gasteiger partial charge in [-0.3, -0.25) is 4.79 Å². The summed E-state index contributed by atoms with van der Waals surface area (Å²) in [6.45, 7) is 4.97. The summed E-state index contributed by atoms with van der Waals surface area (Å²) in [5.74, 6) is 1.04. The Balaban J connectivity index is 1.61. The first-order chi connectivity index (χ1) is 14.5. The molecule has 1 aliphatic rings. The maximum Gasteiger partial charge on any atom is 0.339 e. The summed E-state index contributed by atoms with van der Waals surface area (Å²) in [7, 11) is 1.49. The molecule has 1 heterocycles. The molecule has 160 valence electrons. The molecule has 2 aromatic carbocycles. The second-order valence-corrected chi connectivity index (χ2v) is 6.61. The van der Waals surface area contributed by atoms with Crippen LogP contribution in [0.25, 0.3) is 0 Å². The van der Waals surface area contributed by atoms with Gasteiger partial charge in [0.25, 0.3) is 5.91 Å². The SMILES string of the molecule is CCCOc1ccc(C(=O)O[C@@H](C)C(=O)Nc2ccc3c(c2)OCCO3)cc1OC. The number of methoxy groups -OCH3 is 1. The van der Waals surface area contributed by atoms with E-state index in [1.54, 1.807) is 30.3 Å². The highest BCUT2D eigenvalue weighted by Crippen LogP contribution is 2.32. The van der Waals surface area contributed by atoms with Crippen molar-refractivity contribution in [3.05, 3.63) is 42.0 Å². The molecule has 3 rings (SSSR count). The molecule has 1 amide bonds. The molecule has 0 bridgehead atoms. The average molecular weight is 415 g/mol. The number of amides is 1. The molecule has 30 heavy (non-hydrogen) atoms. The maximum atomic E-state index is 12.5. The lowest BCUT2D eigenvalue weighted by molar-refractivity contribution is -0.123. The van der Waals surface area contributed by atoms with E-state index in [0.717, 1.165) is 6.42 Å².